The van der Waals surface area contributed by atoms with Crippen molar-refractivity contribution in [3.63, 3.8) is 0 Å². The number of esters is 1. The van der Waals surface area contributed by atoms with Crippen LogP contribution in [0.15, 0.2) is 18.3 Å². The van der Waals surface area contributed by atoms with E-state index in [1.165, 1.54) is 0 Å². The van der Waals surface area contributed by atoms with E-state index in [1.54, 1.807) is 25.3 Å². The minimum atomic E-state index is -0.449. The Morgan fingerprint density at radius 3 is 3.00 bits per heavy atom. The first-order chi connectivity index (χ1) is 5.25. The Kier molecular flexibility index (Phi) is 2.21. The lowest BCUT2D eigenvalue weighted by Gasteiger charge is -1.99. The van der Waals surface area contributed by atoms with Crippen molar-refractivity contribution in [1.82, 2.24) is 4.98 Å². The van der Waals surface area contributed by atoms with E-state index in [9.17, 15) is 4.79 Å². The monoisotopic (exact) mass is 150 g/mol. The van der Waals surface area contributed by atoms with Crippen molar-refractivity contribution in [2.75, 3.05) is 0 Å². The summed E-state index contributed by atoms with van der Waals surface area (Å²) in [7, 11) is 3.03. The molecule has 0 saturated carbocycles. The topological polar surface area (TPSA) is 39.2 Å². The molecule has 0 unspecified atom stereocenters. The van der Waals surface area contributed by atoms with Gasteiger partial charge in [0.1, 0.15) is 7.11 Å². The molecular formula is C8H8NO2. The molecule has 0 saturated heterocycles. The van der Waals surface area contributed by atoms with Gasteiger partial charge in [0.2, 0.25) is 0 Å². The van der Waals surface area contributed by atoms with Gasteiger partial charge >= 0.3 is 5.97 Å². The molecule has 3 nitrogen and oxygen atoms in total. The maximum atomic E-state index is 10.9. The van der Waals surface area contributed by atoms with E-state index < -0.39 is 5.97 Å². The lowest BCUT2D eigenvalue weighted by molar-refractivity contribution is 0.0652. The molecule has 0 amide bonds. The molecule has 0 aliphatic carbocycles. The quantitative estimate of drug-likeness (QED) is 0.567. The maximum absolute atomic E-state index is 10.9. The van der Waals surface area contributed by atoms with E-state index in [4.69, 9.17) is 0 Å². The van der Waals surface area contributed by atoms with Gasteiger partial charge in [-0.3, -0.25) is 4.98 Å². The molecule has 0 spiro atoms. The SMILES string of the molecule is [CH2]OC(=O)c1cccnc1C. The van der Waals surface area contributed by atoms with Crippen LogP contribution < -0.4 is 0 Å². The molecule has 1 aromatic rings. The van der Waals surface area contributed by atoms with Crippen LogP contribution in [0.3, 0.4) is 0 Å². The van der Waals surface area contributed by atoms with Crippen molar-refractivity contribution < 1.29 is 9.53 Å². The van der Waals surface area contributed by atoms with Gasteiger partial charge in [-0.2, -0.15) is 0 Å². The van der Waals surface area contributed by atoms with Gasteiger partial charge in [-0.05, 0) is 19.1 Å². The second-order valence-corrected chi connectivity index (χ2v) is 2.07. The Hall–Kier alpha value is -1.38. The van der Waals surface area contributed by atoms with Gasteiger partial charge in [-0.25, -0.2) is 4.79 Å². The van der Waals surface area contributed by atoms with Crippen molar-refractivity contribution in [3.8, 4) is 0 Å². The molecule has 0 N–H and O–H groups in total. The van der Waals surface area contributed by atoms with Gasteiger partial charge in [-0.1, -0.05) is 0 Å². The highest BCUT2D eigenvalue weighted by Gasteiger charge is 2.07. The first-order valence-corrected chi connectivity index (χ1v) is 3.13. The van der Waals surface area contributed by atoms with Gasteiger partial charge in [0.05, 0.1) is 11.3 Å². The number of aryl methyl sites for hydroxylation is 1. The number of nitrogens with zero attached hydrogens (tertiary/aromatic N) is 1. The molecule has 0 fully saturated rings. The zero-order valence-electron chi connectivity index (χ0n) is 6.20. The minimum Gasteiger partial charge on any atom is -0.458 e. The molecule has 3 heteroatoms. The summed E-state index contributed by atoms with van der Waals surface area (Å²) < 4.78 is 4.29. The highest BCUT2D eigenvalue weighted by atomic mass is 16.5. The van der Waals surface area contributed by atoms with Crippen LogP contribution in [-0.2, 0) is 4.74 Å². The van der Waals surface area contributed by atoms with Crippen molar-refractivity contribution in [1.29, 1.82) is 0 Å². The third-order valence-electron chi connectivity index (χ3n) is 1.36. The van der Waals surface area contributed by atoms with Gasteiger partial charge in [0.15, 0.2) is 0 Å². The highest BCUT2D eigenvalue weighted by Crippen LogP contribution is 2.04. The second kappa shape index (κ2) is 3.14. The Labute approximate surface area is 65.0 Å². The van der Waals surface area contributed by atoms with Gasteiger partial charge in [-0.15, -0.1) is 0 Å². The lowest BCUT2D eigenvalue weighted by atomic mass is 10.2. The number of pyridine rings is 1. The molecule has 0 atom stereocenters. The zero-order chi connectivity index (χ0) is 8.27. The molecular weight excluding hydrogens is 142 g/mol. The molecule has 0 aliphatic rings. The van der Waals surface area contributed by atoms with Crippen molar-refractivity contribution in [2.45, 2.75) is 6.92 Å². The van der Waals surface area contributed by atoms with Crippen LogP contribution in [0, 0.1) is 14.0 Å². The summed E-state index contributed by atoms with van der Waals surface area (Å²) in [4.78, 5) is 14.8. The summed E-state index contributed by atoms with van der Waals surface area (Å²) in [6, 6.07) is 3.33. The number of carbonyl (C=O) groups is 1. The standard InChI is InChI=1S/C8H8NO2/c1-6-7(8(10)11-2)4-3-5-9-6/h3-5H,2H2,1H3. The molecule has 0 aliphatic heterocycles. The number of rotatable bonds is 1. The summed E-state index contributed by atoms with van der Waals surface area (Å²) in [6.07, 6.45) is 1.62. The Bertz CT molecular complexity index is 271. The van der Waals surface area contributed by atoms with Crippen LogP contribution in [0.4, 0.5) is 0 Å². The average Bonchev–Trinajstić information content (AvgIpc) is 2.04. The number of ether oxygens (including phenoxy) is 1. The maximum Gasteiger partial charge on any atom is 0.340 e. The second-order valence-electron chi connectivity index (χ2n) is 2.07. The molecule has 1 aromatic heterocycles. The van der Waals surface area contributed by atoms with Crippen molar-refractivity contribution in [2.24, 2.45) is 0 Å². The molecule has 11 heavy (non-hydrogen) atoms. The summed E-state index contributed by atoms with van der Waals surface area (Å²) in [5.41, 5.74) is 1.11. The van der Waals surface area contributed by atoms with Gasteiger partial charge < -0.3 is 4.74 Å². The summed E-state index contributed by atoms with van der Waals surface area (Å²) in [5, 5.41) is 0. The number of hydrogen-bond donors (Lipinski definition) is 0. The van der Waals surface area contributed by atoms with Crippen LogP contribution in [0.25, 0.3) is 0 Å². The third kappa shape index (κ3) is 1.55. The fourth-order valence-electron chi connectivity index (χ4n) is 0.778. The predicted molar refractivity (Wildman–Crippen MR) is 39.7 cm³/mol. The third-order valence-corrected chi connectivity index (χ3v) is 1.36. The van der Waals surface area contributed by atoms with Crippen LogP contribution in [0.2, 0.25) is 0 Å². The molecule has 0 bridgehead atoms. The largest absolute Gasteiger partial charge is 0.458 e. The van der Waals surface area contributed by atoms with E-state index >= 15 is 0 Å². The Balaban J connectivity index is 3.03. The van der Waals surface area contributed by atoms with Crippen LogP contribution in [0.5, 0.6) is 0 Å². The highest BCUT2D eigenvalue weighted by molar-refractivity contribution is 5.90. The molecule has 1 radical (unpaired) electrons. The Morgan fingerprint density at radius 1 is 1.73 bits per heavy atom. The summed E-state index contributed by atoms with van der Waals surface area (Å²) in [6.45, 7) is 1.74. The predicted octanol–water partition coefficient (Wildman–Crippen LogP) is 1.34. The van der Waals surface area contributed by atoms with E-state index in [1.807, 2.05) is 0 Å². The first-order valence-electron chi connectivity index (χ1n) is 3.13. The van der Waals surface area contributed by atoms with Crippen molar-refractivity contribution in [3.05, 3.63) is 36.7 Å². The molecule has 1 rings (SSSR count). The van der Waals surface area contributed by atoms with E-state index in [2.05, 4.69) is 16.8 Å². The summed E-state index contributed by atoms with van der Waals surface area (Å²) in [5.74, 6) is -0.449. The summed E-state index contributed by atoms with van der Waals surface area (Å²) >= 11 is 0. The fourth-order valence-corrected chi connectivity index (χ4v) is 0.778. The zero-order valence-corrected chi connectivity index (χ0v) is 6.20. The van der Waals surface area contributed by atoms with Crippen LogP contribution in [-0.4, -0.2) is 11.0 Å². The normalized spacial score (nSPS) is 9.27. The molecule has 1 heterocycles. The first kappa shape index (κ1) is 7.72. The number of carbonyl (C=O) groups excluding carboxylic acids is 1. The van der Waals surface area contributed by atoms with Crippen LogP contribution in [0.1, 0.15) is 16.1 Å². The smallest absolute Gasteiger partial charge is 0.340 e. The van der Waals surface area contributed by atoms with E-state index in [0.717, 1.165) is 0 Å². The average molecular weight is 150 g/mol. The Morgan fingerprint density at radius 2 is 2.45 bits per heavy atom. The number of aromatic nitrogens is 1. The molecule has 0 aromatic carbocycles. The van der Waals surface area contributed by atoms with E-state index in [0.29, 0.717) is 11.3 Å². The van der Waals surface area contributed by atoms with Gasteiger partial charge in [0, 0.05) is 6.20 Å². The molecule has 57 valence electrons. The van der Waals surface area contributed by atoms with E-state index in [-0.39, 0.29) is 0 Å². The van der Waals surface area contributed by atoms with Crippen molar-refractivity contribution >= 4 is 5.97 Å². The van der Waals surface area contributed by atoms with Gasteiger partial charge in [0.25, 0.3) is 0 Å². The number of hydrogen-bond acceptors (Lipinski definition) is 3. The minimum absolute atomic E-state index is 0.449. The fraction of sp³-hybridized carbons (Fsp3) is 0.125. The van der Waals surface area contributed by atoms with Crippen LogP contribution >= 0.6 is 0 Å². The lowest BCUT2D eigenvalue weighted by Crippen LogP contribution is -2.03.